The summed E-state index contributed by atoms with van der Waals surface area (Å²) in [4.78, 5) is 13.7. The van der Waals surface area contributed by atoms with Crippen molar-refractivity contribution >= 4 is 5.78 Å². The van der Waals surface area contributed by atoms with E-state index in [2.05, 4.69) is 11.9 Å². The molecule has 0 spiro atoms. The van der Waals surface area contributed by atoms with Gasteiger partial charge in [-0.15, -0.1) is 0 Å². The van der Waals surface area contributed by atoms with Gasteiger partial charge >= 0.3 is 0 Å². The van der Waals surface area contributed by atoms with Crippen LogP contribution in [0.5, 0.6) is 0 Å². The molecule has 1 saturated heterocycles. The normalized spacial score (nSPS) is 42.3. The number of piperidine rings is 1. The van der Waals surface area contributed by atoms with Crippen LogP contribution in [0.4, 0.5) is 0 Å². The van der Waals surface area contributed by atoms with Gasteiger partial charge in [0.2, 0.25) is 0 Å². The van der Waals surface area contributed by atoms with Gasteiger partial charge in [-0.05, 0) is 51.5 Å². The molecule has 3 nitrogen and oxygen atoms in total. The molecule has 2 rings (SSSR count). The monoisotopic (exact) mass is 210 g/mol. The number of hydrogen-bond acceptors (Lipinski definition) is 3. The van der Waals surface area contributed by atoms with E-state index in [1.54, 1.807) is 6.92 Å². The molecule has 2 aliphatic rings. The molecule has 0 aromatic heterocycles. The summed E-state index contributed by atoms with van der Waals surface area (Å²) >= 11 is 0. The van der Waals surface area contributed by atoms with Crippen LogP contribution in [0, 0.1) is 11.8 Å². The van der Waals surface area contributed by atoms with Crippen molar-refractivity contribution in [2.75, 3.05) is 13.6 Å². The summed E-state index contributed by atoms with van der Waals surface area (Å²) in [6, 6.07) is 0.527. The van der Waals surface area contributed by atoms with Crippen molar-refractivity contribution < 1.29 is 4.79 Å². The third-order valence-electron chi connectivity index (χ3n) is 4.23. The van der Waals surface area contributed by atoms with E-state index in [1.807, 2.05) is 0 Å². The second kappa shape index (κ2) is 4.22. The SMILES string of the molecule is CC(=O)C1CC2CC(N)CCC2CN1C. The number of Topliss-reactive ketones (excluding diaryl/α,β-unsaturated/α-hetero) is 1. The summed E-state index contributed by atoms with van der Waals surface area (Å²) in [7, 11) is 2.08. The smallest absolute Gasteiger partial charge is 0.146 e. The van der Waals surface area contributed by atoms with Gasteiger partial charge in [-0.1, -0.05) is 0 Å². The first-order chi connectivity index (χ1) is 7.08. The molecule has 2 fully saturated rings. The predicted molar refractivity (Wildman–Crippen MR) is 60.5 cm³/mol. The van der Waals surface area contributed by atoms with Gasteiger partial charge in [0.1, 0.15) is 5.78 Å². The fraction of sp³-hybridized carbons (Fsp3) is 0.917. The summed E-state index contributed by atoms with van der Waals surface area (Å²) in [6.07, 6.45) is 4.58. The number of carbonyl (C=O) groups excluding carboxylic acids is 1. The number of rotatable bonds is 1. The highest BCUT2D eigenvalue weighted by Gasteiger charge is 2.38. The van der Waals surface area contributed by atoms with Crippen molar-refractivity contribution in [3.05, 3.63) is 0 Å². The van der Waals surface area contributed by atoms with Crippen LogP contribution in [0.1, 0.15) is 32.6 Å². The van der Waals surface area contributed by atoms with Gasteiger partial charge in [0.15, 0.2) is 0 Å². The largest absolute Gasteiger partial charge is 0.328 e. The van der Waals surface area contributed by atoms with Crippen LogP contribution in [-0.4, -0.2) is 36.4 Å². The molecular formula is C12H22N2O. The molecule has 1 heterocycles. The summed E-state index contributed by atoms with van der Waals surface area (Å²) in [6.45, 7) is 2.80. The molecule has 0 aromatic carbocycles. The lowest BCUT2D eigenvalue weighted by atomic mass is 9.71. The number of likely N-dealkylation sites (tertiary alicyclic amines) is 1. The maximum Gasteiger partial charge on any atom is 0.146 e. The molecule has 15 heavy (non-hydrogen) atoms. The number of ketones is 1. The number of fused-ring (bicyclic) bond motifs is 1. The van der Waals surface area contributed by atoms with E-state index in [9.17, 15) is 4.79 Å². The van der Waals surface area contributed by atoms with E-state index in [0.29, 0.717) is 17.7 Å². The van der Waals surface area contributed by atoms with E-state index in [4.69, 9.17) is 5.73 Å². The summed E-state index contributed by atoms with van der Waals surface area (Å²) in [5.41, 5.74) is 6.00. The fourth-order valence-corrected chi connectivity index (χ4v) is 3.33. The minimum Gasteiger partial charge on any atom is -0.328 e. The molecule has 1 saturated carbocycles. The third kappa shape index (κ3) is 2.23. The van der Waals surface area contributed by atoms with Gasteiger partial charge in [0, 0.05) is 12.6 Å². The second-order valence-electron chi connectivity index (χ2n) is 5.40. The van der Waals surface area contributed by atoms with Gasteiger partial charge in [-0.25, -0.2) is 0 Å². The van der Waals surface area contributed by atoms with Gasteiger partial charge in [0.05, 0.1) is 6.04 Å². The Kier molecular flexibility index (Phi) is 3.12. The average Bonchev–Trinajstić information content (AvgIpc) is 2.17. The average molecular weight is 210 g/mol. The fourth-order valence-electron chi connectivity index (χ4n) is 3.33. The topological polar surface area (TPSA) is 46.3 Å². The summed E-state index contributed by atoms with van der Waals surface area (Å²) in [5.74, 6) is 1.79. The molecule has 0 radical (unpaired) electrons. The zero-order chi connectivity index (χ0) is 11.0. The van der Waals surface area contributed by atoms with E-state index in [-0.39, 0.29) is 6.04 Å². The second-order valence-corrected chi connectivity index (χ2v) is 5.40. The van der Waals surface area contributed by atoms with Gasteiger partial charge in [-0.3, -0.25) is 9.69 Å². The molecular weight excluding hydrogens is 188 g/mol. The van der Waals surface area contributed by atoms with Crippen LogP contribution in [0.15, 0.2) is 0 Å². The van der Waals surface area contributed by atoms with Crippen LogP contribution in [-0.2, 0) is 4.79 Å². The van der Waals surface area contributed by atoms with Crippen molar-refractivity contribution in [2.45, 2.75) is 44.7 Å². The van der Waals surface area contributed by atoms with Crippen molar-refractivity contribution in [1.82, 2.24) is 4.90 Å². The zero-order valence-corrected chi connectivity index (χ0v) is 9.78. The van der Waals surface area contributed by atoms with Crippen LogP contribution in [0.25, 0.3) is 0 Å². The van der Waals surface area contributed by atoms with Crippen molar-refractivity contribution in [1.29, 1.82) is 0 Å². The highest BCUT2D eigenvalue weighted by atomic mass is 16.1. The Balaban J connectivity index is 2.03. The van der Waals surface area contributed by atoms with Crippen LogP contribution in [0.3, 0.4) is 0 Å². The van der Waals surface area contributed by atoms with Crippen molar-refractivity contribution in [2.24, 2.45) is 17.6 Å². The van der Waals surface area contributed by atoms with Gasteiger partial charge < -0.3 is 5.73 Å². The molecule has 4 atom stereocenters. The van der Waals surface area contributed by atoms with Crippen molar-refractivity contribution in [3.8, 4) is 0 Å². The number of hydrogen-bond donors (Lipinski definition) is 1. The standard InChI is InChI=1S/C12H22N2O/c1-8(15)12-6-10-5-11(13)4-3-9(10)7-14(12)2/h9-12H,3-7,13H2,1-2H3. The van der Waals surface area contributed by atoms with Gasteiger partial charge in [-0.2, -0.15) is 0 Å². The molecule has 4 unspecified atom stereocenters. The minimum absolute atomic E-state index is 0.150. The summed E-state index contributed by atoms with van der Waals surface area (Å²) in [5, 5.41) is 0. The Hall–Kier alpha value is -0.410. The third-order valence-corrected chi connectivity index (χ3v) is 4.23. The molecule has 1 aliphatic carbocycles. The Labute approximate surface area is 92.0 Å². The van der Waals surface area contributed by atoms with E-state index >= 15 is 0 Å². The van der Waals surface area contributed by atoms with E-state index < -0.39 is 0 Å². The highest BCUT2D eigenvalue weighted by Crippen LogP contribution is 2.37. The Bertz CT molecular complexity index is 254. The number of nitrogens with zero attached hydrogens (tertiary/aromatic N) is 1. The quantitative estimate of drug-likeness (QED) is 0.703. The number of carbonyl (C=O) groups is 1. The molecule has 1 aliphatic heterocycles. The van der Waals surface area contributed by atoms with Crippen LogP contribution >= 0.6 is 0 Å². The Morgan fingerprint density at radius 3 is 2.67 bits per heavy atom. The zero-order valence-electron chi connectivity index (χ0n) is 9.78. The van der Waals surface area contributed by atoms with E-state index in [0.717, 1.165) is 25.3 Å². The van der Waals surface area contributed by atoms with Gasteiger partial charge in [0.25, 0.3) is 0 Å². The molecule has 2 N–H and O–H groups in total. The number of nitrogens with two attached hydrogens (primary N) is 1. The molecule has 0 aromatic rings. The highest BCUT2D eigenvalue weighted by molar-refractivity contribution is 5.81. The Morgan fingerprint density at radius 1 is 1.27 bits per heavy atom. The van der Waals surface area contributed by atoms with E-state index in [1.165, 1.54) is 12.8 Å². The van der Waals surface area contributed by atoms with Crippen LogP contribution in [0.2, 0.25) is 0 Å². The lowest BCUT2D eigenvalue weighted by Gasteiger charge is -2.45. The first-order valence-corrected chi connectivity index (χ1v) is 6.04. The first kappa shape index (κ1) is 11.1. The van der Waals surface area contributed by atoms with Crippen molar-refractivity contribution in [3.63, 3.8) is 0 Å². The Morgan fingerprint density at radius 2 is 2.00 bits per heavy atom. The summed E-state index contributed by atoms with van der Waals surface area (Å²) < 4.78 is 0. The minimum atomic E-state index is 0.150. The predicted octanol–water partition coefficient (Wildman–Crippen LogP) is 1.02. The maximum atomic E-state index is 11.5. The number of likely N-dealkylation sites (N-methyl/N-ethyl adjacent to an activating group) is 1. The molecule has 0 amide bonds. The molecule has 86 valence electrons. The lowest BCUT2D eigenvalue weighted by Crippen LogP contribution is -2.51. The first-order valence-electron chi connectivity index (χ1n) is 6.04. The lowest BCUT2D eigenvalue weighted by molar-refractivity contribution is -0.124. The van der Waals surface area contributed by atoms with Crippen LogP contribution < -0.4 is 5.73 Å². The maximum absolute atomic E-state index is 11.5. The molecule has 0 bridgehead atoms. The molecule has 3 heteroatoms.